The fourth-order valence-electron chi connectivity index (χ4n) is 2.66. The normalized spacial score (nSPS) is 16.5. The number of para-hydroxylation sites is 2. The molecule has 0 saturated heterocycles. The van der Waals surface area contributed by atoms with E-state index in [1.54, 1.807) is 0 Å². The van der Waals surface area contributed by atoms with Gasteiger partial charge in [-0.3, -0.25) is 0 Å². The van der Waals surface area contributed by atoms with Crippen LogP contribution in [0.15, 0.2) is 24.3 Å². The Morgan fingerprint density at radius 2 is 1.89 bits per heavy atom. The minimum atomic E-state index is -0.0632. The molecule has 3 heteroatoms. The zero-order valence-corrected chi connectivity index (χ0v) is 13.0. The maximum Gasteiger partial charge on any atom is 0.127 e. The molecular weight excluding hydrogens is 256 g/mol. The molecule has 2 nitrogen and oxygen atoms in total. The van der Waals surface area contributed by atoms with E-state index >= 15 is 0 Å². The van der Waals surface area contributed by atoms with Gasteiger partial charge in [-0.25, -0.2) is 4.98 Å². The second-order valence-electron chi connectivity index (χ2n) is 5.54. The number of hydrogen-bond acceptors (Lipinski definition) is 1. The van der Waals surface area contributed by atoms with E-state index in [-0.39, 0.29) is 5.38 Å². The molecule has 0 spiro atoms. The van der Waals surface area contributed by atoms with Gasteiger partial charge in [0.1, 0.15) is 5.82 Å². The average molecular weight is 279 g/mol. The minimum Gasteiger partial charge on any atom is -0.324 e. The van der Waals surface area contributed by atoms with Crippen molar-refractivity contribution in [1.29, 1.82) is 0 Å². The van der Waals surface area contributed by atoms with E-state index in [1.807, 2.05) is 13.0 Å². The van der Waals surface area contributed by atoms with Crippen LogP contribution in [0.4, 0.5) is 0 Å². The van der Waals surface area contributed by atoms with Crippen LogP contribution >= 0.6 is 11.6 Å². The van der Waals surface area contributed by atoms with Gasteiger partial charge < -0.3 is 4.57 Å². The lowest BCUT2D eigenvalue weighted by Crippen LogP contribution is -2.12. The number of alkyl halides is 1. The molecule has 0 aliphatic heterocycles. The third-order valence-corrected chi connectivity index (χ3v) is 4.06. The number of rotatable bonds is 5. The molecular formula is C16H23ClN2. The highest BCUT2D eigenvalue weighted by Gasteiger charge is 2.19. The zero-order valence-electron chi connectivity index (χ0n) is 12.2. The van der Waals surface area contributed by atoms with Gasteiger partial charge in [-0.2, -0.15) is 0 Å². The summed E-state index contributed by atoms with van der Waals surface area (Å²) in [6.45, 7) is 8.81. The van der Waals surface area contributed by atoms with Crippen molar-refractivity contribution in [3.8, 4) is 0 Å². The smallest absolute Gasteiger partial charge is 0.127 e. The maximum atomic E-state index is 6.31. The lowest BCUT2D eigenvalue weighted by molar-refractivity contribution is 0.397. The van der Waals surface area contributed by atoms with E-state index < -0.39 is 0 Å². The Kier molecular flexibility index (Phi) is 4.51. The Labute approximate surface area is 120 Å². The Bertz CT molecular complexity index is 545. The molecule has 0 saturated carbocycles. The van der Waals surface area contributed by atoms with Crippen LogP contribution in [0, 0.1) is 5.92 Å². The molecule has 0 fully saturated rings. The SMILES string of the molecule is CCC(C)CC(C)n1c(C(C)Cl)nc2ccccc21. The summed E-state index contributed by atoms with van der Waals surface area (Å²) < 4.78 is 2.32. The monoisotopic (exact) mass is 278 g/mol. The van der Waals surface area contributed by atoms with Crippen molar-refractivity contribution in [2.45, 2.75) is 52.0 Å². The highest BCUT2D eigenvalue weighted by molar-refractivity contribution is 6.20. The minimum absolute atomic E-state index is 0.0632. The molecule has 0 radical (unpaired) electrons. The van der Waals surface area contributed by atoms with E-state index in [0.717, 1.165) is 23.7 Å². The van der Waals surface area contributed by atoms with Gasteiger partial charge in [-0.15, -0.1) is 11.6 Å². The van der Waals surface area contributed by atoms with Gasteiger partial charge in [0.05, 0.1) is 16.4 Å². The lowest BCUT2D eigenvalue weighted by Gasteiger charge is -2.21. The van der Waals surface area contributed by atoms with Gasteiger partial charge in [0.25, 0.3) is 0 Å². The highest BCUT2D eigenvalue weighted by Crippen LogP contribution is 2.30. The molecule has 0 amide bonds. The van der Waals surface area contributed by atoms with Crippen molar-refractivity contribution in [3.05, 3.63) is 30.1 Å². The van der Waals surface area contributed by atoms with Crippen LogP contribution in [0.3, 0.4) is 0 Å². The Balaban J connectivity index is 2.47. The van der Waals surface area contributed by atoms with Crippen molar-refractivity contribution in [2.75, 3.05) is 0 Å². The van der Waals surface area contributed by atoms with Crippen molar-refractivity contribution in [1.82, 2.24) is 9.55 Å². The molecule has 1 aromatic carbocycles. The van der Waals surface area contributed by atoms with Gasteiger partial charge in [-0.05, 0) is 38.3 Å². The molecule has 0 aliphatic carbocycles. The Morgan fingerprint density at radius 3 is 2.53 bits per heavy atom. The van der Waals surface area contributed by atoms with E-state index in [9.17, 15) is 0 Å². The van der Waals surface area contributed by atoms with E-state index in [0.29, 0.717) is 6.04 Å². The average Bonchev–Trinajstić information content (AvgIpc) is 2.78. The summed E-state index contributed by atoms with van der Waals surface area (Å²) in [4.78, 5) is 4.70. The number of hydrogen-bond donors (Lipinski definition) is 0. The van der Waals surface area contributed by atoms with Gasteiger partial charge in [0.15, 0.2) is 0 Å². The molecule has 1 aromatic heterocycles. The summed E-state index contributed by atoms with van der Waals surface area (Å²) in [6.07, 6.45) is 2.37. The first-order chi connectivity index (χ1) is 9.04. The summed E-state index contributed by atoms with van der Waals surface area (Å²) in [5.41, 5.74) is 2.24. The van der Waals surface area contributed by atoms with Crippen LogP contribution in [0.2, 0.25) is 0 Å². The van der Waals surface area contributed by atoms with Crippen molar-refractivity contribution in [2.24, 2.45) is 5.92 Å². The van der Waals surface area contributed by atoms with Crippen molar-refractivity contribution < 1.29 is 0 Å². The number of halogens is 1. The van der Waals surface area contributed by atoms with E-state index in [1.165, 1.54) is 11.9 Å². The van der Waals surface area contributed by atoms with Gasteiger partial charge in [0.2, 0.25) is 0 Å². The first-order valence-electron chi connectivity index (χ1n) is 7.15. The fourth-order valence-corrected chi connectivity index (χ4v) is 2.82. The van der Waals surface area contributed by atoms with Crippen molar-refractivity contribution >= 4 is 22.6 Å². The summed E-state index contributed by atoms with van der Waals surface area (Å²) in [5.74, 6) is 1.70. The molecule has 0 aliphatic rings. The van der Waals surface area contributed by atoms with Gasteiger partial charge in [-0.1, -0.05) is 32.4 Å². The predicted molar refractivity (Wildman–Crippen MR) is 82.8 cm³/mol. The summed E-state index contributed by atoms with van der Waals surface area (Å²) in [7, 11) is 0. The Hall–Kier alpha value is -1.02. The van der Waals surface area contributed by atoms with Gasteiger partial charge in [0, 0.05) is 6.04 Å². The van der Waals surface area contributed by atoms with E-state index in [2.05, 4.69) is 43.5 Å². The quantitative estimate of drug-likeness (QED) is 0.676. The molecule has 2 rings (SSSR count). The third-order valence-electron chi connectivity index (χ3n) is 3.86. The summed E-state index contributed by atoms with van der Waals surface area (Å²) >= 11 is 6.31. The number of imidazole rings is 1. The third kappa shape index (κ3) is 2.94. The first kappa shape index (κ1) is 14.4. The molecule has 3 unspecified atom stereocenters. The highest BCUT2D eigenvalue weighted by atomic mass is 35.5. The number of fused-ring (bicyclic) bond motifs is 1. The molecule has 2 aromatic rings. The summed E-state index contributed by atoms with van der Waals surface area (Å²) in [6, 6.07) is 8.72. The number of benzene rings is 1. The molecule has 1 heterocycles. The molecule has 0 bridgehead atoms. The largest absolute Gasteiger partial charge is 0.324 e. The van der Waals surface area contributed by atoms with Crippen molar-refractivity contribution in [3.63, 3.8) is 0 Å². The second kappa shape index (κ2) is 5.96. The van der Waals surface area contributed by atoms with Gasteiger partial charge >= 0.3 is 0 Å². The van der Waals surface area contributed by atoms with Crippen LogP contribution < -0.4 is 0 Å². The molecule has 19 heavy (non-hydrogen) atoms. The molecule has 3 atom stereocenters. The maximum absolute atomic E-state index is 6.31. The number of nitrogens with zero attached hydrogens (tertiary/aromatic N) is 2. The topological polar surface area (TPSA) is 17.8 Å². The van der Waals surface area contributed by atoms with Crippen LogP contribution in [-0.4, -0.2) is 9.55 Å². The predicted octanol–water partition coefficient (Wildman–Crippen LogP) is 5.33. The molecule has 0 N–H and O–H groups in total. The van der Waals surface area contributed by atoms with Crippen LogP contribution in [0.25, 0.3) is 11.0 Å². The lowest BCUT2D eigenvalue weighted by atomic mass is 10.00. The number of aromatic nitrogens is 2. The standard InChI is InChI=1S/C16H23ClN2/c1-5-11(2)10-12(3)19-15-9-7-6-8-14(15)18-16(19)13(4)17/h6-9,11-13H,5,10H2,1-4H3. The zero-order chi connectivity index (χ0) is 14.0. The van der Waals surface area contributed by atoms with Crippen LogP contribution in [0.1, 0.15) is 57.8 Å². The Morgan fingerprint density at radius 1 is 1.21 bits per heavy atom. The fraction of sp³-hybridized carbons (Fsp3) is 0.562. The first-order valence-corrected chi connectivity index (χ1v) is 7.59. The van der Waals surface area contributed by atoms with Crippen LogP contribution in [-0.2, 0) is 0 Å². The van der Waals surface area contributed by atoms with Crippen LogP contribution in [0.5, 0.6) is 0 Å². The second-order valence-corrected chi connectivity index (χ2v) is 6.20. The molecule has 104 valence electrons. The van der Waals surface area contributed by atoms with E-state index in [4.69, 9.17) is 16.6 Å². The summed E-state index contributed by atoms with van der Waals surface area (Å²) in [5, 5.41) is -0.0632.